The predicted molar refractivity (Wildman–Crippen MR) is 70.4 cm³/mol. The third-order valence-electron chi connectivity index (χ3n) is 2.43. The van der Waals surface area contributed by atoms with Crippen LogP contribution in [-0.4, -0.2) is 32.7 Å². The summed E-state index contributed by atoms with van der Waals surface area (Å²) >= 11 is 7.34. The molecule has 0 N–H and O–H groups in total. The van der Waals surface area contributed by atoms with E-state index in [-0.39, 0.29) is 5.82 Å². The molecule has 0 radical (unpaired) electrons. The number of carbonyl (C=O) groups excluding carboxylic acids is 1. The Bertz CT molecular complexity index is 767. The lowest BCUT2D eigenvalue weighted by molar-refractivity contribution is 0.0587. The molecule has 0 amide bonds. The Morgan fingerprint density at radius 2 is 2.26 bits per heavy atom. The van der Waals surface area contributed by atoms with Gasteiger partial charge in [-0.25, -0.2) is 9.78 Å². The maximum atomic E-state index is 11.4. The van der Waals surface area contributed by atoms with E-state index in [9.17, 15) is 4.79 Å². The fraction of sp³-hybridized carbons (Fsp3) is 0.0909. The number of aromatic nitrogens is 4. The maximum absolute atomic E-state index is 11.4. The summed E-state index contributed by atoms with van der Waals surface area (Å²) in [4.78, 5) is 20.4. The number of nitrogens with zero attached hydrogens (tertiary/aromatic N) is 4. The average Bonchev–Trinajstić information content (AvgIpc) is 3.03. The fourth-order valence-electron chi connectivity index (χ4n) is 1.61. The van der Waals surface area contributed by atoms with E-state index in [1.165, 1.54) is 23.0 Å². The number of hydrogen-bond acceptors (Lipinski definition) is 6. The number of methoxy groups -OCH3 is 1. The number of rotatable bonds is 2. The Hall–Kier alpha value is -1.99. The van der Waals surface area contributed by atoms with Gasteiger partial charge in [0.05, 0.1) is 22.0 Å². The van der Waals surface area contributed by atoms with Gasteiger partial charge in [0.15, 0.2) is 0 Å². The zero-order valence-electron chi connectivity index (χ0n) is 9.70. The van der Waals surface area contributed by atoms with Gasteiger partial charge in [0.2, 0.25) is 0 Å². The van der Waals surface area contributed by atoms with Gasteiger partial charge in [-0.05, 0) is 18.2 Å². The van der Waals surface area contributed by atoms with Crippen LogP contribution in [0.4, 0.5) is 0 Å². The molecule has 0 aliphatic heterocycles. The smallest absolute Gasteiger partial charge is 0.378 e. The normalized spacial score (nSPS) is 10.8. The maximum Gasteiger partial charge on any atom is 0.378 e. The molecule has 96 valence electrons. The lowest BCUT2D eigenvalue weighted by Crippen LogP contribution is -2.04. The van der Waals surface area contributed by atoms with Gasteiger partial charge in [-0.1, -0.05) is 11.6 Å². The molecule has 8 heteroatoms. The molecule has 3 heterocycles. The summed E-state index contributed by atoms with van der Waals surface area (Å²) in [5.41, 5.74) is 0.768. The molecule has 0 unspecified atom stereocenters. The van der Waals surface area contributed by atoms with Gasteiger partial charge in [0, 0.05) is 6.20 Å². The third kappa shape index (κ3) is 2.06. The first-order valence-electron chi connectivity index (χ1n) is 5.25. The van der Waals surface area contributed by atoms with Crippen molar-refractivity contribution in [3.05, 3.63) is 34.6 Å². The van der Waals surface area contributed by atoms with Gasteiger partial charge in [-0.2, -0.15) is 9.50 Å². The Balaban J connectivity index is 2.20. The van der Waals surface area contributed by atoms with Crippen molar-refractivity contribution in [2.45, 2.75) is 0 Å². The second kappa shape index (κ2) is 4.60. The minimum atomic E-state index is -0.597. The molecule has 0 aliphatic rings. The van der Waals surface area contributed by atoms with E-state index in [1.807, 2.05) is 6.07 Å². The van der Waals surface area contributed by atoms with Crippen molar-refractivity contribution < 1.29 is 9.53 Å². The fourth-order valence-corrected chi connectivity index (χ4v) is 2.66. The van der Waals surface area contributed by atoms with E-state index in [1.54, 1.807) is 18.3 Å². The second-order valence-corrected chi connectivity index (χ2v) is 5.29. The highest BCUT2D eigenvalue weighted by Gasteiger charge is 2.16. The van der Waals surface area contributed by atoms with E-state index in [2.05, 4.69) is 19.8 Å². The summed E-state index contributed by atoms with van der Waals surface area (Å²) in [5, 5.41) is 4.10. The first-order chi connectivity index (χ1) is 9.19. The van der Waals surface area contributed by atoms with Crippen LogP contribution in [0.15, 0.2) is 24.4 Å². The minimum absolute atomic E-state index is 0.0231. The minimum Gasteiger partial charge on any atom is -0.463 e. The molecule has 19 heavy (non-hydrogen) atoms. The second-order valence-electron chi connectivity index (χ2n) is 3.57. The number of fused-ring (bicyclic) bond motifs is 1. The molecule has 3 aromatic rings. The van der Waals surface area contributed by atoms with E-state index in [0.717, 1.165) is 10.6 Å². The molecule has 0 saturated carbocycles. The zero-order chi connectivity index (χ0) is 13.4. The first kappa shape index (κ1) is 12.1. The Morgan fingerprint density at radius 3 is 2.95 bits per heavy atom. The number of halogens is 1. The number of ether oxygens (including phenoxy) is 1. The van der Waals surface area contributed by atoms with Crippen molar-refractivity contribution in [1.29, 1.82) is 0 Å². The SMILES string of the molecule is COC(=O)c1nc2nccc(-c3ccc(Cl)s3)n2n1. The summed E-state index contributed by atoms with van der Waals surface area (Å²) in [7, 11) is 1.28. The standard InChI is InChI=1S/C11H7ClN4O2S/c1-18-10(17)9-14-11-13-5-4-6(16(11)15-9)7-2-3-8(12)19-7/h2-5H,1H3. The van der Waals surface area contributed by atoms with Gasteiger partial charge in [0.1, 0.15) is 0 Å². The molecule has 0 saturated heterocycles. The van der Waals surface area contributed by atoms with Crippen LogP contribution in [0.2, 0.25) is 4.34 Å². The van der Waals surface area contributed by atoms with Crippen LogP contribution in [-0.2, 0) is 4.74 Å². The Labute approximate surface area is 116 Å². The van der Waals surface area contributed by atoms with E-state index in [0.29, 0.717) is 10.1 Å². The molecule has 3 rings (SSSR count). The van der Waals surface area contributed by atoms with Crippen LogP contribution in [0.3, 0.4) is 0 Å². The quantitative estimate of drug-likeness (QED) is 0.678. The van der Waals surface area contributed by atoms with E-state index in [4.69, 9.17) is 11.6 Å². The number of thiophene rings is 1. The van der Waals surface area contributed by atoms with Crippen molar-refractivity contribution in [1.82, 2.24) is 19.6 Å². The highest BCUT2D eigenvalue weighted by Crippen LogP contribution is 2.30. The van der Waals surface area contributed by atoms with Crippen LogP contribution >= 0.6 is 22.9 Å². The summed E-state index contributed by atoms with van der Waals surface area (Å²) in [6.45, 7) is 0. The Morgan fingerprint density at radius 1 is 1.42 bits per heavy atom. The van der Waals surface area contributed by atoms with Gasteiger partial charge in [-0.15, -0.1) is 16.4 Å². The van der Waals surface area contributed by atoms with Crippen LogP contribution < -0.4 is 0 Å². The summed E-state index contributed by atoms with van der Waals surface area (Å²) in [6.07, 6.45) is 1.61. The molecule has 3 aromatic heterocycles. The molecule has 0 aliphatic carbocycles. The molecular formula is C11H7ClN4O2S. The predicted octanol–water partition coefficient (Wildman–Crippen LogP) is 2.29. The van der Waals surface area contributed by atoms with Gasteiger partial charge in [-0.3, -0.25) is 0 Å². The van der Waals surface area contributed by atoms with E-state index >= 15 is 0 Å². The largest absolute Gasteiger partial charge is 0.463 e. The molecule has 6 nitrogen and oxygen atoms in total. The average molecular weight is 295 g/mol. The Kier molecular flexibility index (Phi) is 2.92. The van der Waals surface area contributed by atoms with E-state index < -0.39 is 5.97 Å². The molecule has 0 fully saturated rings. The number of esters is 1. The van der Waals surface area contributed by atoms with Crippen LogP contribution in [0.1, 0.15) is 10.6 Å². The van der Waals surface area contributed by atoms with Gasteiger partial charge >= 0.3 is 5.97 Å². The monoisotopic (exact) mass is 294 g/mol. The van der Waals surface area contributed by atoms with Crippen LogP contribution in [0.25, 0.3) is 16.3 Å². The highest BCUT2D eigenvalue weighted by molar-refractivity contribution is 7.19. The van der Waals surface area contributed by atoms with Crippen LogP contribution in [0, 0.1) is 0 Å². The molecule has 0 bridgehead atoms. The number of hydrogen-bond donors (Lipinski definition) is 0. The van der Waals surface area contributed by atoms with Crippen molar-refractivity contribution in [2.75, 3.05) is 7.11 Å². The molecule has 0 aromatic carbocycles. The topological polar surface area (TPSA) is 69.4 Å². The zero-order valence-corrected chi connectivity index (χ0v) is 11.3. The van der Waals surface area contributed by atoms with Crippen molar-refractivity contribution in [2.24, 2.45) is 0 Å². The first-order valence-corrected chi connectivity index (χ1v) is 6.44. The summed E-state index contributed by atoms with van der Waals surface area (Å²) in [5.74, 6) is -0.284. The van der Waals surface area contributed by atoms with Gasteiger partial charge < -0.3 is 4.74 Å². The molecule has 0 atom stereocenters. The van der Waals surface area contributed by atoms with Crippen molar-refractivity contribution in [3.63, 3.8) is 0 Å². The molecular weight excluding hydrogens is 288 g/mol. The van der Waals surface area contributed by atoms with Crippen molar-refractivity contribution in [3.8, 4) is 10.6 Å². The van der Waals surface area contributed by atoms with Crippen molar-refractivity contribution >= 4 is 34.7 Å². The third-order valence-corrected chi connectivity index (χ3v) is 3.69. The summed E-state index contributed by atoms with van der Waals surface area (Å²) < 4.78 is 6.76. The number of carbonyl (C=O) groups is 1. The highest BCUT2D eigenvalue weighted by atomic mass is 35.5. The molecule has 0 spiro atoms. The van der Waals surface area contributed by atoms with Gasteiger partial charge in [0.25, 0.3) is 11.6 Å². The lowest BCUT2D eigenvalue weighted by atomic mass is 10.3. The van der Waals surface area contributed by atoms with Crippen LogP contribution in [0.5, 0.6) is 0 Å². The summed E-state index contributed by atoms with van der Waals surface area (Å²) in [6, 6.07) is 5.46. The lowest BCUT2D eigenvalue weighted by Gasteiger charge is -1.99.